The van der Waals surface area contributed by atoms with Crippen molar-refractivity contribution >= 4 is 5.96 Å². The Hall–Kier alpha value is -2.34. The third-order valence-electron chi connectivity index (χ3n) is 5.05. The maximum atomic E-state index is 5.62. The van der Waals surface area contributed by atoms with Crippen LogP contribution in [-0.2, 0) is 6.54 Å². The summed E-state index contributed by atoms with van der Waals surface area (Å²) in [5, 5.41) is 3.40. The average molecular weight is 370 g/mol. The Morgan fingerprint density at radius 3 is 2.89 bits per heavy atom. The predicted molar refractivity (Wildman–Crippen MR) is 110 cm³/mol. The van der Waals surface area contributed by atoms with Crippen LogP contribution in [0.1, 0.15) is 32.4 Å². The summed E-state index contributed by atoms with van der Waals surface area (Å²) in [6.07, 6.45) is 4.26. The van der Waals surface area contributed by atoms with Crippen LogP contribution in [0.15, 0.2) is 46.0 Å². The van der Waals surface area contributed by atoms with E-state index in [1.165, 1.54) is 19.4 Å². The predicted octanol–water partition coefficient (Wildman–Crippen LogP) is 3.22. The van der Waals surface area contributed by atoms with Gasteiger partial charge in [-0.15, -0.1) is 0 Å². The number of hydrogen-bond donors (Lipinski definition) is 1. The zero-order chi connectivity index (χ0) is 19.1. The first-order valence-corrected chi connectivity index (χ1v) is 9.94. The lowest BCUT2D eigenvalue weighted by Crippen LogP contribution is -2.45. The molecule has 6 nitrogen and oxygen atoms in total. The Bertz CT molecular complexity index is 727. The Morgan fingerprint density at radius 2 is 2.15 bits per heavy atom. The molecule has 3 rings (SSSR count). The third kappa shape index (κ3) is 5.10. The summed E-state index contributed by atoms with van der Waals surface area (Å²) in [7, 11) is 2.12. The van der Waals surface area contributed by atoms with Crippen molar-refractivity contribution in [2.75, 3.05) is 33.2 Å². The molecule has 0 amide bonds. The summed E-state index contributed by atoms with van der Waals surface area (Å²) < 4.78 is 5.62. The fourth-order valence-corrected chi connectivity index (χ4v) is 3.64. The summed E-state index contributed by atoms with van der Waals surface area (Å²) in [5.41, 5.74) is 1.83. The summed E-state index contributed by atoms with van der Waals surface area (Å²) in [5.74, 6) is 1.56. The van der Waals surface area contributed by atoms with Crippen LogP contribution < -0.4 is 5.32 Å². The lowest BCUT2D eigenvalue weighted by Gasteiger charge is -2.29. The summed E-state index contributed by atoms with van der Waals surface area (Å²) in [4.78, 5) is 14.1. The van der Waals surface area contributed by atoms with Gasteiger partial charge in [0.1, 0.15) is 12.0 Å². The SMILES string of the molecule is CCNC(=NCc1coc(-c2ccccc2)n1)N(C)CC1CCCN1CC. The van der Waals surface area contributed by atoms with E-state index < -0.39 is 0 Å². The van der Waals surface area contributed by atoms with Crippen LogP contribution in [0, 0.1) is 0 Å². The molecule has 146 valence electrons. The zero-order valence-electron chi connectivity index (χ0n) is 16.7. The molecule has 27 heavy (non-hydrogen) atoms. The number of nitrogens with one attached hydrogen (secondary N) is 1. The molecule has 1 aromatic carbocycles. The monoisotopic (exact) mass is 369 g/mol. The molecule has 1 unspecified atom stereocenters. The average Bonchev–Trinajstić information content (AvgIpc) is 3.35. The van der Waals surface area contributed by atoms with Gasteiger partial charge in [-0.2, -0.15) is 0 Å². The maximum Gasteiger partial charge on any atom is 0.226 e. The van der Waals surface area contributed by atoms with E-state index in [1.807, 2.05) is 30.3 Å². The first kappa shape index (κ1) is 19.4. The van der Waals surface area contributed by atoms with Crippen molar-refractivity contribution < 1.29 is 4.42 Å². The highest BCUT2D eigenvalue weighted by molar-refractivity contribution is 5.79. The quantitative estimate of drug-likeness (QED) is 0.600. The van der Waals surface area contributed by atoms with Crippen LogP contribution in [0.4, 0.5) is 0 Å². The minimum atomic E-state index is 0.505. The van der Waals surface area contributed by atoms with Crippen molar-refractivity contribution in [3.8, 4) is 11.5 Å². The van der Waals surface area contributed by atoms with Crippen molar-refractivity contribution in [3.05, 3.63) is 42.3 Å². The minimum absolute atomic E-state index is 0.505. The Kier molecular flexibility index (Phi) is 6.87. The normalized spacial score (nSPS) is 18.0. The van der Waals surface area contributed by atoms with E-state index in [-0.39, 0.29) is 0 Å². The van der Waals surface area contributed by atoms with Gasteiger partial charge >= 0.3 is 0 Å². The van der Waals surface area contributed by atoms with Gasteiger partial charge in [0.05, 0.1) is 6.54 Å². The summed E-state index contributed by atoms with van der Waals surface area (Å²) >= 11 is 0. The third-order valence-corrected chi connectivity index (χ3v) is 5.05. The van der Waals surface area contributed by atoms with Crippen molar-refractivity contribution in [2.24, 2.45) is 4.99 Å². The molecule has 0 bridgehead atoms. The van der Waals surface area contributed by atoms with Crippen molar-refractivity contribution in [1.29, 1.82) is 0 Å². The lowest BCUT2D eigenvalue weighted by molar-refractivity contribution is 0.232. The van der Waals surface area contributed by atoms with Gasteiger partial charge < -0.3 is 14.6 Å². The second kappa shape index (κ2) is 9.55. The Morgan fingerprint density at radius 1 is 1.33 bits per heavy atom. The lowest BCUT2D eigenvalue weighted by atomic mass is 10.2. The van der Waals surface area contributed by atoms with Gasteiger partial charge in [-0.1, -0.05) is 25.1 Å². The van der Waals surface area contributed by atoms with E-state index in [9.17, 15) is 0 Å². The van der Waals surface area contributed by atoms with Crippen molar-refractivity contribution in [1.82, 2.24) is 20.1 Å². The van der Waals surface area contributed by atoms with Gasteiger partial charge in [0, 0.05) is 31.7 Å². The first-order chi connectivity index (χ1) is 13.2. The zero-order valence-corrected chi connectivity index (χ0v) is 16.7. The molecular formula is C21H31N5O. The molecule has 0 spiro atoms. The van der Waals surface area contributed by atoms with E-state index in [2.05, 4.69) is 41.0 Å². The number of nitrogens with zero attached hydrogens (tertiary/aromatic N) is 4. The molecule has 1 aliphatic heterocycles. The van der Waals surface area contributed by atoms with Gasteiger partial charge in [-0.05, 0) is 45.0 Å². The Balaban J connectivity index is 1.64. The van der Waals surface area contributed by atoms with Gasteiger partial charge in [0.2, 0.25) is 5.89 Å². The molecule has 0 saturated carbocycles. The topological polar surface area (TPSA) is 56.9 Å². The number of hydrogen-bond acceptors (Lipinski definition) is 4. The van der Waals surface area contributed by atoms with Crippen LogP contribution in [-0.4, -0.2) is 60.0 Å². The van der Waals surface area contributed by atoms with Gasteiger partial charge in [0.25, 0.3) is 0 Å². The van der Waals surface area contributed by atoms with Crippen LogP contribution in [0.5, 0.6) is 0 Å². The molecule has 6 heteroatoms. The van der Waals surface area contributed by atoms with Crippen LogP contribution in [0.3, 0.4) is 0 Å². The molecule has 0 aliphatic carbocycles. The van der Waals surface area contributed by atoms with Crippen LogP contribution in [0.25, 0.3) is 11.5 Å². The first-order valence-electron chi connectivity index (χ1n) is 9.94. The summed E-state index contributed by atoms with van der Waals surface area (Å²) in [6.45, 7) is 9.02. The molecule has 1 saturated heterocycles. The van der Waals surface area contributed by atoms with E-state index in [4.69, 9.17) is 9.41 Å². The second-order valence-electron chi connectivity index (χ2n) is 6.99. The Labute approximate surface area is 162 Å². The second-order valence-corrected chi connectivity index (χ2v) is 6.99. The van der Waals surface area contributed by atoms with E-state index in [0.717, 1.165) is 36.9 Å². The van der Waals surface area contributed by atoms with Crippen molar-refractivity contribution in [2.45, 2.75) is 39.3 Å². The molecule has 1 aliphatic rings. The number of aliphatic imine (C=N–C) groups is 1. The minimum Gasteiger partial charge on any atom is -0.444 e. The molecule has 1 N–H and O–H groups in total. The smallest absolute Gasteiger partial charge is 0.226 e. The highest BCUT2D eigenvalue weighted by atomic mass is 16.3. The molecule has 0 radical (unpaired) electrons. The fourth-order valence-electron chi connectivity index (χ4n) is 3.64. The number of guanidine groups is 1. The number of rotatable bonds is 7. The summed E-state index contributed by atoms with van der Waals surface area (Å²) in [6, 6.07) is 10.6. The standard InChI is InChI=1S/C21H31N5O/c1-4-22-21(25(3)15-19-12-9-13-26(19)5-2)23-14-18-16-27-20(24-18)17-10-7-6-8-11-17/h6-8,10-11,16,19H,4-5,9,12-15H2,1-3H3,(H,22,23). The van der Waals surface area contributed by atoms with Crippen LogP contribution >= 0.6 is 0 Å². The highest BCUT2D eigenvalue weighted by Crippen LogP contribution is 2.19. The van der Waals surface area contributed by atoms with Gasteiger partial charge in [0.15, 0.2) is 5.96 Å². The van der Waals surface area contributed by atoms with Crippen molar-refractivity contribution in [3.63, 3.8) is 0 Å². The van der Waals surface area contributed by atoms with E-state index in [0.29, 0.717) is 18.5 Å². The van der Waals surface area contributed by atoms with E-state index in [1.54, 1.807) is 6.26 Å². The molecule has 2 aromatic rings. The molecule has 1 atom stereocenters. The number of benzene rings is 1. The number of likely N-dealkylation sites (N-methyl/N-ethyl adjacent to an activating group) is 2. The fraction of sp³-hybridized carbons (Fsp3) is 0.524. The molecule has 1 fully saturated rings. The largest absolute Gasteiger partial charge is 0.444 e. The molecule has 1 aromatic heterocycles. The number of aromatic nitrogens is 1. The number of oxazole rings is 1. The highest BCUT2D eigenvalue weighted by Gasteiger charge is 2.24. The molecule has 2 heterocycles. The van der Waals surface area contributed by atoms with Gasteiger partial charge in [-0.3, -0.25) is 4.90 Å². The van der Waals surface area contributed by atoms with Gasteiger partial charge in [-0.25, -0.2) is 9.98 Å². The maximum absolute atomic E-state index is 5.62. The van der Waals surface area contributed by atoms with Crippen LogP contribution in [0.2, 0.25) is 0 Å². The molecular weight excluding hydrogens is 338 g/mol. The van der Waals surface area contributed by atoms with E-state index >= 15 is 0 Å². The number of likely N-dealkylation sites (tertiary alicyclic amines) is 1.